The Morgan fingerprint density at radius 3 is 2.47 bits per heavy atom. The second-order valence-electron chi connectivity index (χ2n) is 2.94. The maximum Gasteiger partial charge on any atom is 0.189 e. The summed E-state index contributed by atoms with van der Waals surface area (Å²) < 4.78 is 15.4. The van der Waals surface area contributed by atoms with Gasteiger partial charge >= 0.3 is 0 Å². The molecule has 1 aromatic rings. The lowest BCUT2D eigenvalue weighted by Gasteiger charge is -2.07. The first kappa shape index (κ1) is 12.5. The monoisotopic (exact) mass is 274 g/mol. The van der Waals surface area contributed by atoms with Crippen molar-refractivity contribution < 1.29 is 14.2 Å². The van der Waals surface area contributed by atoms with Crippen molar-refractivity contribution in [3.05, 3.63) is 29.8 Å². The molecular weight excluding hydrogens is 260 g/mol. The second kappa shape index (κ2) is 7.68. The standard InChI is InChI=1S/C11H15BrO3/c1-13-6-7-14-9-15-11-4-2-10(8-12)3-5-11/h2-5H,6-9H2,1H3. The molecule has 0 aliphatic rings. The van der Waals surface area contributed by atoms with Crippen LogP contribution in [0.1, 0.15) is 5.56 Å². The number of methoxy groups -OCH3 is 1. The topological polar surface area (TPSA) is 27.7 Å². The minimum absolute atomic E-state index is 0.261. The van der Waals surface area contributed by atoms with Gasteiger partial charge in [-0.1, -0.05) is 28.1 Å². The normalized spacial score (nSPS) is 10.3. The highest BCUT2D eigenvalue weighted by Gasteiger charge is 1.94. The quantitative estimate of drug-likeness (QED) is 0.435. The summed E-state index contributed by atoms with van der Waals surface area (Å²) in [5.41, 5.74) is 1.22. The molecule has 0 heterocycles. The number of alkyl halides is 1. The van der Waals surface area contributed by atoms with Gasteiger partial charge in [-0.25, -0.2) is 0 Å². The summed E-state index contributed by atoms with van der Waals surface area (Å²) in [4.78, 5) is 0. The van der Waals surface area contributed by atoms with Crippen molar-refractivity contribution in [2.24, 2.45) is 0 Å². The largest absolute Gasteiger partial charge is 0.468 e. The highest BCUT2D eigenvalue weighted by atomic mass is 79.9. The number of benzene rings is 1. The predicted molar refractivity (Wildman–Crippen MR) is 62.4 cm³/mol. The molecule has 15 heavy (non-hydrogen) atoms. The Bertz CT molecular complexity index is 261. The molecule has 0 spiro atoms. The summed E-state index contributed by atoms with van der Waals surface area (Å²) in [6, 6.07) is 7.88. The fourth-order valence-corrected chi connectivity index (χ4v) is 1.36. The van der Waals surface area contributed by atoms with Crippen LogP contribution < -0.4 is 4.74 Å². The molecule has 0 saturated heterocycles. The van der Waals surface area contributed by atoms with Gasteiger partial charge in [0.25, 0.3) is 0 Å². The van der Waals surface area contributed by atoms with Gasteiger partial charge in [-0.2, -0.15) is 0 Å². The highest BCUT2D eigenvalue weighted by molar-refractivity contribution is 9.08. The Morgan fingerprint density at radius 2 is 1.87 bits per heavy atom. The zero-order chi connectivity index (χ0) is 10.9. The molecule has 0 aliphatic carbocycles. The van der Waals surface area contributed by atoms with Crippen LogP contribution in [0.2, 0.25) is 0 Å². The number of halogens is 1. The SMILES string of the molecule is COCCOCOc1ccc(CBr)cc1. The van der Waals surface area contributed by atoms with E-state index in [0.29, 0.717) is 13.2 Å². The maximum absolute atomic E-state index is 5.36. The average Bonchev–Trinajstić information content (AvgIpc) is 2.30. The summed E-state index contributed by atoms with van der Waals surface area (Å²) in [7, 11) is 1.64. The number of rotatable bonds is 7. The molecule has 0 radical (unpaired) electrons. The molecule has 0 unspecified atom stereocenters. The summed E-state index contributed by atoms with van der Waals surface area (Å²) in [5.74, 6) is 0.817. The van der Waals surface area contributed by atoms with Crippen LogP contribution in [0.3, 0.4) is 0 Å². The lowest BCUT2D eigenvalue weighted by molar-refractivity contribution is -0.00847. The van der Waals surface area contributed by atoms with E-state index in [1.54, 1.807) is 7.11 Å². The van der Waals surface area contributed by atoms with Crippen molar-refractivity contribution in [3.63, 3.8) is 0 Å². The third-order valence-electron chi connectivity index (χ3n) is 1.82. The van der Waals surface area contributed by atoms with Gasteiger partial charge in [0, 0.05) is 12.4 Å². The predicted octanol–water partition coefficient (Wildman–Crippen LogP) is 2.58. The first-order valence-electron chi connectivity index (χ1n) is 4.71. The van der Waals surface area contributed by atoms with Gasteiger partial charge in [0.2, 0.25) is 0 Å². The summed E-state index contributed by atoms with van der Waals surface area (Å²) >= 11 is 3.38. The van der Waals surface area contributed by atoms with E-state index in [2.05, 4.69) is 15.9 Å². The van der Waals surface area contributed by atoms with E-state index in [1.807, 2.05) is 24.3 Å². The Hall–Kier alpha value is -0.580. The van der Waals surface area contributed by atoms with Crippen LogP contribution >= 0.6 is 15.9 Å². The van der Waals surface area contributed by atoms with E-state index in [0.717, 1.165) is 11.1 Å². The molecule has 0 N–H and O–H groups in total. The molecule has 0 saturated carbocycles. The van der Waals surface area contributed by atoms with Crippen LogP contribution in [0, 0.1) is 0 Å². The Labute approximate surface area is 98.5 Å². The number of ether oxygens (including phenoxy) is 3. The Kier molecular flexibility index (Phi) is 6.39. The molecule has 0 fully saturated rings. The van der Waals surface area contributed by atoms with Crippen molar-refractivity contribution in [3.8, 4) is 5.75 Å². The molecule has 0 amide bonds. The number of hydrogen-bond donors (Lipinski definition) is 0. The first-order valence-corrected chi connectivity index (χ1v) is 5.83. The van der Waals surface area contributed by atoms with Crippen LogP contribution in [-0.2, 0) is 14.8 Å². The molecule has 84 valence electrons. The van der Waals surface area contributed by atoms with E-state index < -0.39 is 0 Å². The fraction of sp³-hybridized carbons (Fsp3) is 0.455. The molecule has 0 bridgehead atoms. The number of hydrogen-bond acceptors (Lipinski definition) is 3. The van der Waals surface area contributed by atoms with E-state index in [-0.39, 0.29) is 6.79 Å². The van der Waals surface area contributed by atoms with Crippen molar-refractivity contribution in [1.82, 2.24) is 0 Å². The summed E-state index contributed by atoms with van der Waals surface area (Å²) in [5, 5.41) is 0.859. The van der Waals surface area contributed by atoms with Crippen molar-refractivity contribution in [2.75, 3.05) is 27.1 Å². The Morgan fingerprint density at radius 1 is 1.13 bits per heavy atom. The molecule has 0 atom stereocenters. The second-order valence-corrected chi connectivity index (χ2v) is 3.50. The van der Waals surface area contributed by atoms with E-state index in [9.17, 15) is 0 Å². The third-order valence-corrected chi connectivity index (χ3v) is 2.47. The van der Waals surface area contributed by atoms with Crippen LogP contribution in [0.15, 0.2) is 24.3 Å². The van der Waals surface area contributed by atoms with Gasteiger partial charge in [-0.3, -0.25) is 0 Å². The van der Waals surface area contributed by atoms with Crippen LogP contribution in [0.4, 0.5) is 0 Å². The molecule has 1 rings (SSSR count). The van der Waals surface area contributed by atoms with Crippen LogP contribution in [0.5, 0.6) is 5.75 Å². The average molecular weight is 275 g/mol. The van der Waals surface area contributed by atoms with E-state index in [1.165, 1.54) is 5.56 Å². The van der Waals surface area contributed by atoms with Gasteiger partial charge < -0.3 is 14.2 Å². The van der Waals surface area contributed by atoms with Crippen molar-refractivity contribution in [1.29, 1.82) is 0 Å². The zero-order valence-corrected chi connectivity index (χ0v) is 10.3. The first-order chi connectivity index (χ1) is 7.36. The molecule has 0 aliphatic heterocycles. The molecule has 4 heteroatoms. The highest BCUT2D eigenvalue weighted by Crippen LogP contribution is 2.13. The van der Waals surface area contributed by atoms with Crippen molar-refractivity contribution in [2.45, 2.75) is 5.33 Å². The van der Waals surface area contributed by atoms with E-state index >= 15 is 0 Å². The van der Waals surface area contributed by atoms with Gasteiger partial charge in [-0.05, 0) is 17.7 Å². The molecule has 1 aromatic carbocycles. The van der Waals surface area contributed by atoms with Crippen molar-refractivity contribution >= 4 is 15.9 Å². The van der Waals surface area contributed by atoms with Gasteiger partial charge in [0.05, 0.1) is 13.2 Å². The summed E-state index contributed by atoms with van der Waals surface area (Å²) in [6.45, 7) is 1.40. The zero-order valence-electron chi connectivity index (χ0n) is 8.74. The molecule has 3 nitrogen and oxygen atoms in total. The van der Waals surface area contributed by atoms with Gasteiger partial charge in [-0.15, -0.1) is 0 Å². The fourth-order valence-electron chi connectivity index (χ4n) is 0.986. The van der Waals surface area contributed by atoms with Gasteiger partial charge in [0.1, 0.15) is 5.75 Å². The third kappa shape index (κ3) is 5.16. The van der Waals surface area contributed by atoms with Crippen LogP contribution in [-0.4, -0.2) is 27.1 Å². The summed E-state index contributed by atoms with van der Waals surface area (Å²) in [6.07, 6.45) is 0. The maximum atomic E-state index is 5.36. The van der Waals surface area contributed by atoms with Crippen LogP contribution in [0.25, 0.3) is 0 Å². The molecular formula is C11H15BrO3. The minimum atomic E-state index is 0.261. The Balaban J connectivity index is 2.20. The minimum Gasteiger partial charge on any atom is -0.468 e. The lowest BCUT2D eigenvalue weighted by Crippen LogP contribution is -2.07. The lowest BCUT2D eigenvalue weighted by atomic mass is 10.2. The van der Waals surface area contributed by atoms with Gasteiger partial charge in [0.15, 0.2) is 6.79 Å². The smallest absolute Gasteiger partial charge is 0.189 e. The van der Waals surface area contributed by atoms with E-state index in [4.69, 9.17) is 14.2 Å². The molecule has 0 aromatic heterocycles.